The normalized spacial score (nSPS) is 10.6. The summed E-state index contributed by atoms with van der Waals surface area (Å²) in [5.74, 6) is 0.117. The lowest BCUT2D eigenvalue weighted by atomic mass is 10.7. The zero-order valence-electron chi connectivity index (χ0n) is 5.02. The van der Waals surface area contributed by atoms with Crippen molar-refractivity contribution < 1.29 is 4.79 Å². The van der Waals surface area contributed by atoms with E-state index in [1.54, 1.807) is 0 Å². The third-order valence-electron chi connectivity index (χ3n) is 0.620. The largest absolute Gasteiger partial charge is 0.494 e. The standard InChI is InChI=1S/C2H3N3O.2Al.HI.3H/c3-2(1-6)5-4;;;;;;/h4H,(H2,3,5);;;1H;;;/q-1;;+2;;;;/p-1. The molecule has 0 atom stereocenters. The average Bonchev–Trinajstić information content (AvgIpc) is 1.82. The van der Waals surface area contributed by atoms with Crippen molar-refractivity contribution in [3.63, 3.8) is 0 Å². The molecule has 0 aromatic heterocycles. The van der Waals surface area contributed by atoms with Crippen molar-refractivity contribution in [2.45, 2.75) is 0 Å². The molecule has 0 spiro atoms. The van der Waals surface area contributed by atoms with Gasteiger partial charge in [-0.1, -0.05) is 0 Å². The van der Waals surface area contributed by atoms with Crippen molar-refractivity contribution >= 4 is 59.2 Å². The summed E-state index contributed by atoms with van der Waals surface area (Å²) in [6.07, 6.45) is 0. The summed E-state index contributed by atoms with van der Waals surface area (Å²) in [6.45, 7) is 0. The first-order chi connectivity index (χ1) is 4.18. The van der Waals surface area contributed by atoms with Crippen LogP contribution in [-0.2, 0) is 4.79 Å². The fourth-order valence-electron chi connectivity index (χ4n) is 0.194. The van der Waals surface area contributed by atoms with Crippen LogP contribution < -0.4 is 10.1 Å². The first kappa shape index (κ1) is 9.73. The Bertz CT molecular complexity index is 138. The minimum atomic E-state index is -0.345. The molecular weight excluding hydrogens is 263 g/mol. The van der Waals surface area contributed by atoms with E-state index in [0.717, 1.165) is 0 Å². The van der Waals surface area contributed by atoms with Crippen LogP contribution in [0.15, 0.2) is 5.10 Å². The van der Waals surface area contributed by atoms with Crippen LogP contribution >= 0.6 is 20.3 Å². The monoisotopic (exact) mass is 269 g/mol. The number of carbonyl (C=O) groups is 1. The number of hydrogen-bond acceptors (Lipinski definition) is 3. The lowest BCUT2D eigenvalue weighted by molar-refractivity contribution is -0.106. The molecule has 4 nitrogen and oxygen atoms in total. The van der Waals surface area contributed by atoms with Gasteiger partial charge in [-0.15, -0.1) is 0 Å². The Kier molecular flexibility index (Phi) is 5.96. The van der Waals surface area contributed by atoms with Crippen molar-refractivity contribution in [2.24, 2.45) is 10.8 Å². The van der Waals surface area contributed by atoms with Crippen LogP contribution in [0.2, 0.25) is 0 Å². The molecular formula is C2H6Al2IN3O. The highest BCUT2D eigenvalue weighted by molar-refractivity contribution is 14.1. The summed E-state index contributed by atoms with van der Waals surface area (Å²) in [4.78, 5) is 10.4. The van der Waals surface area contributed by atoms with Crippen molar-refractivity contribution in [1.82, 2.24) is 4.41 Å². The number of rotatable bonds is 3. The van der Waals surface area contributed by atoms with E-state index in [-0.39, 0.29) is 22.6 Å². The Morgan fingerprint density at radius 3 is 2.78 bits per heavy atom. The topological polar surface area (TPSA) is 67.5 Å². The maximum absolute atomic E-state index is 10.4. The maximum atomic E-state index is 10.4. The van der Waals surface area contributed by atoms with Crippen LogP contribution in [0.5, 0.6) is 0 Å². The highest BCUT2D eigenvalue weighted by Crippen LogP contribution is 1.69. The summed E-state index contributed by atoms with van der Waals surface area (Å²) in [5.41, 5.74) is 5.19. The van der Waals surface area contributed by atoms with E-state index in [1.807, 2.05) is 0 Å². The number of carbonyl (C=O) groups excluding carboxylic acids is 1. The van der Waals surface area contributed by atoms with Gasteiger partial charge in [-0.2, -0.15) is 25.4 Å². The van der Waals surface area contributed by atoms with Crippen LogP contribution in [0.1, 0.15) is 0 Å². The van der Waals surface area contributed by atoms with Crippen LogP contribution in [0.4, 0.5) is 0 Å². The minimum absolute atomic E-state index is 0.0543. The van der Waals surface area contributed by atoms with E-state index >= 15 is 0 Å². The number of amidine groups is 1. The first-order valence-electron chi connectivity index (χ1n) is 2.31. The molecule has 7 heteroatoms. The van der Waals surface area contributed by atoms with Gasteiger partial charge in [0.05, 0.1) is 0 Å². The SMILES string of the molecule is N/C(=N\[NH][AlH][I])[C](=O)[AlH2]. The highest BCUT2D eigenvalue weighted by atomic mass is 127. The van der Waals surface area contributed by atoms with E-state index in [4.69, 9.17) is 5.73 Å². The highest BCUT2D eigenvalue weighted by Gasteiger charge is 1.95. The molecule has 3 N–H and O–H groups in total. The summed E-state index contributed by atoms with van der Waals surface area (Å²) in [5, 5.41) is 3.63. The van der Waals surface area contributed by atoms with Gasteiger partial charge in [0.15, 0.2) is 5.84 Å². The number of nitrogens with zero attached hydrogens (tertiary/aromatic N) is 1. The first-order valence-corrected chi connectivity index (χ1v) is 9.13. The molecule has 0 aliphatic carbocycles. The van der Waals surface area contributed by atoms with Gasteiger partial charge in [0.2, 0.25) is 0 Å². The third kappa shape index (κ3) is 5.19. The predicted octanol–water partition coefficient (Wildman–Crippen LogP) is -2.29. The maximum Gasteiger partial charge on any atom is 0.494 e. The second kappa shape index (κ2) is 5.51. The summed E-state index contributed by atoms with van der Waals surface area (Å²) in [7, 11) is 0. The van der Waals surface area contributed by atoms with Crippen LogP contribution in [0.25, 0.3) is 0 Å². The molecule has 0 aliphatic rings. The molecule has 0 heterocycles. The van der Waals surface area contributed by atoms with Crippen LogP contribution in [-0.4, -0.2) is 38.9 Å². The van der Waals surface area contributed by atoms with Gasteiger partial charge < -0.3 is 14.9 Å². The quantitative estimate of drug-likeness (QED) is 0.199. The zero-order chi connectivity index (χ0) is 7.28. The zero-order valence-corrected chi connectivity index (χ0v) is 10.6. The van der Waals surface area contributed by atoms with Crippen molar-refractivity contribution in [2.75, 3.05) is 0 Å². The number of hydrogen-bond donors (Lipinski definition) is 2. The molecule has 0 radical (unpaired) electrons. The van der Waals surface area contributed by atoms with Gasteiger partial charge in [-0.3, -0.25) is 0 Å². The van der Waals surface area contributed by atoms with Crippen molar-refractivity contribution in [3.05, 3.63) is 0 Å². The molecule has 0 aromatic rings. The lowest BCUT2D eigenvalue weighted by Gasteiger charge is -1.93. The Hall–Kier alpha value is 0.735. The number of hydrazone groups is 1. The number of halogens is 1. The van der Waals surface area contributed by atoms with E-state index in [2.05, 4.69) is 29.8 Å². The van der Waals surface area contributed by atoms with Gasteiger partial charge in [-0.25, -0.2) is 0 Å². The van der Waals surface area contributed by atoms with E-state index < -0.39 is 0 Å². The number of nitrogens with two attached hydrogens (primary N) is 1. The fourth-order valence-corrected chi connectivity index (χ4v) is 1.05. The number of nitrogens with one attached hydrogen (secondary N) is 1. The molecule has 48 valence electrons. The summed E-state index contributed by atoms with van der Waals surface area (Å²) < 4.78 is 2.66. The van der Waals surface area contributed by atoms with Crippen LogP contribution in [0, 0.1) is 0 Å². The average molecular weight is 269 g/mol. The molecule has 0 amide bonds. The third-order valence-corrected chi connectivity index (χ3v) is 2.43. The Labute approximate surface area is 78.6 Å². The van der Waals surface area contributed by atoms with Gasteiger partial charge in [0.1, 0.15) is 4.65 Å². The molecule has 0 aliphatic heterocycles. The fraction of sp³-hybridized carbons (Fsp3) is 0. The van der Waals surface area contributed by atoms with E-state index in [9.17, 15) is 4.79 Å². The summed E-state index contributed by atoms with van der Waals surface area (Å²) in [6, 6.07) is 0. The molecule has 0 saturated carbocycles. The molecule has 0 fully saturated rings. The molecule has 0 unspecified atom stereocenters. The van der Waals surface area contributed by atoms with Crippen molar-refractivity contribution in [1.29, 1.82) is 0 Å². The van der Waals surface area contributed by atoms with Crippen LogP contribution in [0.3, 0.4) is 0 Å². The lowest BCUT2D eigenvalue weighted by Crippen LogP contribution is -2.27. The van der Waals surface area contributed by atoms with Gasteiger partial charge in [-0.05, 0) is 0 Å². The molecule has 0 saturated heterocycles. The van der Waals surface area contributed by atoms with Gasteiger partial charge in [0, 0.05) is 0 Å². The second-order valence-corrected chi connectivity index (χ2v) is 5.13. The summed E-state index contributed by atoms with van der Waals surface area (Å²) >= 11 is 2.31. The van der Waals surface area contributed by atoms with E-state index in [0.29, 0.717) is 16.3 Å². The Morgan fingerprint density at radius 1 is 1.89 bits per heavy atom. The minimum Gasteiger partial charge on any atom is -0.388 e. The Balaban J connectivity index is 3.69. The predicted molar refractivity (Wildman–Crippen MR) is 49.5 cm³/mol. The van der Waals surface area contributed by atoms with Gasteiger partial charge in [0.25, 0.3) is 0 Å². The molecule has 9 heavy (non-hydrogen) atoms. The second-order valence-electron chi connectivity index (χ2n) is 1.34. The smallest absolute Gasteiger partial charge is 0.388 e. The van der Waals surface area contributed by atoms with Crippen molar-refractivity contribution in [3.8, 4) is 0 Å². The van der Waals surface area contributed by atoms with E-state index in [1.165, 1.54) is 0 Å². The molecule has 0 bridgehead atoms. The molecule has 0 aromatic carbocycles. The Morgan fingerprint density at radius 2 is 2.44 bits per heavy atom. The molecule has 0 rings (SSSR count). The van der Waals surface area contributed by atoms with Gasteiger partial charge >= 0.3 is 28.4 Å².